The maximum Gasteiger partial charge on any atom is 0.269 e. The van der Waals surface area contributed by atoms with Gasteiger partial charge in [0.05, 0.1) is 26.3 Å². The van der Waals surface area contributed by atoms with Crippen LogP contribution >= 0.6 is 0 Å². The van der Waals surface area contributed by atoms with Crippen molar-refractivity contribution in [1.82, 2.24) is 0 Å². The third kappa shape index (κ3) is 57.5. The van der Waals surface area contributed by atoms with E-state index in [0.717, 1.165) is 46.0 Å². The lowest BCUT2D eigenvalue weighted by Gasteiger charge is -2.08. The molecule has 10 heteroatoms. The second-order valence-corrected chi connectivity index (χ2v) is 40.6. The smallest absolute Gasteiger partial charge is 0.269 e. The molecular formula is C133H191N3O7. The van der Waals surface area contributed by atoms with Crippen molar-refractivity contribution in [1.29, 1.82) is 0 Å². The number of nitrogen functional groups attached to an aromatic ring is 2. The molecule has 0 aliphatic heterocycles. The number of anilines is 2. The number of rotatable bonds is 22. The lowest BCUT2D eigenvalue weighted by molar-refractivity contribution is -0.384. The number of phenols is 2. The van der Waals surface area contributed by atoms with Gasteiger partial charge in [-0.1, -0.05) is 489 Å². The maximum atomic E-state index is 10.3. The largest absolute Gasteiger partial charge is 0.508 e. The molecule has 10 nitrogen and oxygen atoms in total. The van der Waals surface area contributed by atoms with Crippen LogP contribution in [0.5, 0.6) is 28.7 Å². The molecule has 14 aromatic carbocycles. The zero-order chi connectivity index (χ0) is 107. The van der Waals surface area contributed by atoms with Crippen molar-refractivity contribution in [3.8, 4) is 28.7 Å². The van der Waals surface area contributed by atoms with Gasteiger partial charge < -0.3 is 35.9 Å². The van der Waals surface area contributed by atoms with Crippen molar-refractivity contribution < 1.29 is 32.2 Å². The molecule has 14 aromatic rings. The standard InChI is InChI=1S/2C13H14.3C10H14O.C9H11NO2.2C9H13N.2C9H12O.2C9H12.2C7H16.2H2/c2*1-10(2)12-9-5-7-11-6-3-4-8-13(11)12;3*1-8(2)9-4-6-10(11-3)7-5-9;1-7(2)8-3-5-9(6-4-8)10(11)12;4*1-7(2)8-3-5-9(10)6-4-8;2*1-8(2)9-6-4-3-5-7-9;2*1-4-5-6-7(2)3;;/h2*3-10H,1-2H3;3*4-8H,1-3H3;3-7H,1-2H3;2*3-7H,10H2,1-2H3;2*3-7,10H,1-2H3;2*3-8H,1-2H3;2*7H,4-6H2,1-3H3;2*1H. The number of hydrogen-bond acceptors (Lipinski definition) is 9. The summed E-state index contributed by atoms with van der Waals surface area (Å²) in [5.74, 6) is 12.3. The Morgan fingerprint density at radius 1 is 0.252 bits per heavy atom. The summed E-state index contributed by atoms with van der Waals surface area (Å²) in [4.78, 5) is 9.90. The first-order chi connectivity index (χ1) is 67.8. The fourth-order valence-corrected chi connectivity index (χ4v) is 13.8. The van der Waals surface area contributed by atoms with E-state index in [1.54, 1.807) is 57.7 Å². The van der Waals surface area contributed by atoms with Crippen LogP contribution in [-0.2, 0) is 0 Å². The van der Waals surface area contributed by atoms with E-state index in [-0.39, 0.29) is 13.5 Å². The van der Waals surface area contributed by atoms with E-state index in [2.05, 4.69) is 402 Å². The van der Waals surface area contributed by atoms with Gasteiger partial charge in [0.2, 0.25) is 0 Å². The van der Waals surface area contributed by atoms with Crippen molar-refractivity contribution in [2.75, 3.05) is 32.8 Å². The molecule has 0 bridgehead atoms. The van der Waals surface area contributed by atoms with Crippen LogP contribution in [0.15, 0.2) is 340 Å². The Bertz CT molecular complexity index is 5020. The summed E-state index contributed by atoms with van der Waals surface area (Å²) in [6.07, 6.45) is 8.29. The topological polar surface area (TPSA) is 163 Å². The van der Waals surface area contributed by atoms with E-state index >= 15 is 0 Å². The minimum atomic E-state index is -0.385. The Morgan fingerprint density at radius 2 is 0.448 bits per heavy atom. The summed E-state index contributed by atoms with van der Waals surface area (Å²) in [6, 6.07) is 113. The lowest BCUT2D eigenvalue weighted by atomic mass is 9.96. The molecule has 0 saturated heterocycles. The van der Waals surface area contributed by atoms with Crippen LogP contribution in [0.25, 0.3) is 21.5 Å². The number of methoxy groups -OCH3 is 3. The number of nitro groups is 1. The molecule has 0 unspecified atom stereocenters. The molecule has 0 aliphatic rings. The number of ether oxygens (including phenoxy) is 3. The first-order valence-corrected chi connectivity index (χ1v) is 52.3. The number of phenolic OH excluding ortho intramolecular Hbond substituents is 2. The molecule has 0 spiro atoms. The van der Waals surface area contributed by atoms with Gasteiger partial charge in [-0.15, -0.1) is 0 Å². The molecule has 0 radical (unpaired) electrons. The normalized spacial score (nSPS) is 10.4. The van der Waals surface area contributed by atoms with Crippen LogP contribution in [0.4, 0.5) is 17.1 Å². The average Bonchev–Trinajstić information content (AvgIpc) is 0.823. The Morgan fingerprint density at radius 3 is 0.636 bits per heavy atom. The highest BCUT2D eigenvalue weighted by Gasteiger charge is 2.10. The average molecular weight is 1940 g/mol. The minimum absolute atomic E-state index is 0. The van der Waals surface area contributed by atoms with E-state index in [1.807, 2.05) is 97.1 Å². The molecule has 0 aromatic heterocycles. The molecule has 143 heavy (non-hydrogen) atoms. The summed E-state index contributed by atoms with van der Waals surface area (Å²) < 4.78 is 15.1. The SMILES string of the molecule is CC(C)c1ccc(N)cc1.CC(C)c1ccc(N)cc1.CC(C)c1ccc(O)cc1.CC(C)c1ccc(O)cc1.CC(C)c1ccc([N+](=O)[O-])cc1.CC(C)c1cccc2ccccc12.CC(C)c1cccc2ccccc12.CC(C)c1ccccc1.CC(C)c1ccccc1.CCCCC(C)C.CCCCC(C)C.COc1ccc(C(C)C)cc1.COc1ccc(C(C)C)cc1.COc1ccc(C(C)C)cc1.[HH].[HH]. The molecule has 14 rings (SSSR count). The quantitative estimate of drug-likeness (QED) is 0.0294. The highest BCUT2D eigenvalue weighted by atomic mass is 16.6. The van der Waals surface area contributed by atoms with E-state index < -0.39 is 0 Å². The Hall–Kier alpha value is -12.4. The van der Waals surface area contributed by atoms with E-state index in [0.29, 0.717) is 82.5 Å². The Kier molecular flexibility index (Phi) is 67.0. The third-order valence-corrected chi connectivity index (χ3v) is 23.5. The number of nitrogens with zero attached hydrogens (tertiary/aromatic N) is 1. The molecule has 0 atom stereocenters. The predicted molar refractivity (Wildman–Crippen MR) is 633 cm³/mol. The van der Waals surface area contributed by atoms with Gasteiger partial charge in [0.15, 0.2) is 0 Å². The number of benzene rings is 14. The summed E-state index contributed by atoms with van der Waals surface area (Å²) in [5.41, 5.74) is 29.0. The van der Waals surface area contributed by atoms with Gasteiger partial charge in [-0.05, 0) is 256 Å². The van der Waals surface area contributed by atoms with Crippen LogP contribution in [0, 0.1) is 22.0 Å². The summed E-state index contributed by atoms with van der Waals surface area (Å²) in [6.45, 7) is 65.8. The number of fused-ring (bicyclic) bond motifs is 2. The van der Waals surface area contributed by atoms with Gasteiger partial charge in [-0.3, -0.25) is 10.1 Å². The maximum absolute atomic E-state index is 10.3. The van der Waals surface area contributed by atoms with E-state index in [1.165, 1.54) is 133 Å². The van der Waals surface area contributed by atoms with Crippen LogP contribution < -0.4 is 25.7 Å². The Labute approximate surface area is 872 Å². The highest BCUT2D eigenvalue weighted by molar-refractivity contribution is 5.87. The first kappa shape index (κ1) is 129. The minimum Gasteiger partial charge on any atom is -0.508 e. The number of hydrogen-bond donors (Lipinski definition) is 4. The van der Waals surface area contributed by atoms with E-state index in [4.69, 9.17) is 35.9 Å². The van der Waals surface area contributed by atoms with Gasteiger partial charge >= 0.3 is 0 Å². The van der Waals surface area contributed by atoms with Crippen molar-refractivity contribution in [3.63, 3.8) is 0 Å². The van der Waals surface area contributed by atoms with Gasteiger partial charge in [-0.2, -0.15) is 0 Å². The number of unbranched alkanes of at least 4 members (excludes halogenated alkanes) is 2. The molecule has 0 saturated carbocycles. The number of nitrogens with two attached hydrogens (primary N) is 2. The monoisotopic (exact) mass is 1940 g/mol. The van der Waals surface area contributed by atoms with Gasteiger partial charge in [-0.25, -0.2) is 0 Å². The fraction of sp³-hybridized carbons (Fsp3) is 0.398. The van der Waals surface area contributed by atoms with Crippen molar-refractivity contribution in [2.45, 2.75) is 317 Å². The predicted octanol–water partition coefficient (Wildman–Crippen LogP) is 40.7. The zero-order valence-corrected chi connectivity index (χ0v) is 94.2. The summed E-state index contributed by atoms with van der Waals surface area (Å²) in [7, 11) is 5.05. The Balaban J connectivity index is 0. The molecule has 780 valence electrons. The molecule has 0 heterocycles. The lowest BCUT2D eigenvalue weighted by Crippen LogP contribution is -1.90. The summed E-state index contributed by atoms with van der Waals surface area (Å²) in [5, 5.41) is 33.6. The zero-order valence-electron chi connectivity index (χ0n) is 94.2. The second kappa shape index (κ2) is 74.5. The van der Waals surface area contributed by atoms with Gasteiger partial charge in [0, 0.05) is 26.4 Å². The number of non-ortho nitro benzene ring substituents is 1. The van der Waals surface area contributed by atoms with E-state index in [9.17, 15) is 10.1 Å². The molecular weight excluding hydrogens is 1750 g/mol. The second-order valence-electron chi connectivity index (χ2n) is 40.6. The van der Waals surface area contributed by atoms with Crippen molar-refractivity contribution in [2.24, 2.45) is 11.8 Å². The molecule has 6 N–H and O–H groups in total. The third-order valence-electron chi connectivity index (χ3n) is 23.5. The van der Waals surface area contributed by atoms with Gasteiger partial charge in [0.1, 0.15) is 28.7 Å². The highest BCUT2D eigenvalue weighted by Crippen LogP contribution is 2.30. The summed E-state index contributed by atoms with van der Waals surface area (Å²) >= 11 is 0. The van der Waals surface area contributed by atoms with Crippen LogP contribution in [0.1, 0.15) is 387 Å². The van der Waals surface area contributed by atoms with Gasteiger partial charge in [0.25, 0.3) is 5.69 Å². The van der Waals surface area contributed by atoms with Crippen LogP contribution in [-0.4, -0.2) is 36.5 Å². The number of aromatic hydroxyl groups is 2. The van der Waals surface area contributed by atoms with Crippen molar-refractivity contribution in [3.05, 3.63) is 417 Å². The fourth-order valence-electron chi connectivity index (χ4n) is 13.8. The van der Waals surface area contributed by atoms with Crippen LogP contribution in [0.2, 0.25) is 0 Å². The molecule has 0 amide bonds. The number of nitro benzene ring substituents is 1. The molecule has 0 aliphatic carbocycles. The molecule has 0 fully saturated rings. The van der Waals surface area contributed by atoms with Crippen molar-refractivity contribution >= 4 is 38.6 Å². The first-order valence-electron chi connectivity index (χ1n) is 52.3. The van der Waals surface area contributed by atoms with Crippen LogP contribution in [0.3, 0.4) is 0 Å².